The molecule has 0 radical (unpaired) electrons. The summed E-state index contributed by atoms with van der Waals surface area (Å²) >= 11 is 0. The van der Waals surface area contributed by atoms with E-state index in [-0.39, 0.29) is 30.0 Å². The first kappa shape index (κ1) is 23.1. The molecule has 7 heteroatoms. The number of rotatable bonds is 4. The van der Waals surface area contributed by atoms with Crippen LogP contribution in [0.4, 0.5) is 0 Å². The largest absolute Gasteiger partial charge is 0.472 e. The van der Waals surface area contributed by atoms with Gasteiger partial charge in [0.15, 0.2) is 11.9 Å². The number of ketones is 1. The van der Waals surface area contributed by atoms with Gasteiger partial charge in [0.05, 0.1) is 26.1 Å². The molecule has 4 aliphatic rings. The van der Waals surface area contributed by atoms with Crippen LogP contribution in [0.2, 0.25) is 0 Å². The Kier molecular flexibility index (Phi) is 4.87. The van der Waals surface area contributed by atoms with Crippen molar-refractivity contribution in [1.82, 2.24) is 0 Å². The third-order valence-corrected chi connectivity index (χ3v) is 9.39. The molecule has 3 heterocycles. The third-order valence-electron chi connectivity index (χ3n) is 9.39. The predicted molar refractivity (Wildman–Crippen MR) is 121 cm³/mol. The maximum atomic E-state index is 12.9. The van der Waals surface area contributed by atoms with Crippen LogP contribution in [0.3, 0.4) is 0 Å². The maximum Gasteiger partial charge on any atom is 0.339 e. The van der Waals surface area contributed by atoms with Gasteiger partial charge in [0.1, 0.15) is 11.7 Å². The van der Waals surface area contributed by atoms with Crippen molar-refractivity contribution in [3.63, 3.8) is 0 Å². The van der Waals surface area contributed by atoms with Crippen LogP contribution in [-0.2, 0) is 28.6 Å². The summed E-state index contributed by atoms with van der Waals surface area (Å²) in [5.74, 6) is -1.15. The summed E-state index contributed by atoms with van der Waals surface area (Å²) in [6, 6.07) is 1.82. The second-order valence-corrected chi connectivity index (χ2v) is 11.3. The minimum atomic E-state index is -0.856. The summed E-state index contributed by atoms with van der Waals surface area (Å²) in [4.78, 5) is 38.2. The van der Waals surface area contributed by atoms with Crippen molar-refractivity contribution in [3.05, 3.63) is 48.5 Å². The molecule has 7 nitrogen and oxygen atoms in total. The van der Waals surface area contributed by atoms with Gasteiger partial charge in [-0.3, -0.25) is 9.59 Å². The highest BCUT2D eigenvalue weighted by Gasteiger charge is 2.80. The Morgan fingerprint density at radius 2 is 1.94 bits per heavy atom. The van der Waals surface area contributed by atoms with Crippen LogP contribution in [0.5, 0.6) is 0 Å². The highest BCUT2D eigenvalue weighted by Crippen LogP contribution is 2.72. The average molecular weight is 469 g/mol. The van der Waals surface area contributed by atoms with Crippen molar-refractivity contribution < 1.29 is 33.0 Å². The summed E-state index contributed by atoms with van der Waals surface area (Å²) < 4.78 is 22.4. The lowest BCUT2D eigenvalue weighted by Crippen LogP contribution is -2.58. The lowest BCUT2D eigenvalue weighted by molar-refractivity contribution is -0.168. The topological polar surface area (TPSA) is 95.3 Å². The summed E-state index contributed by atoms with van der Waals surface area (Å²) in [5.41, 5.74) is -1.04. The number of carbonyl (C=O) groups is 3. The van der Waals surface area contributed by atoms with Crippen LogP contribution in [0.25, 0.3) is 0 Å². The SMILES string of the molecule is C=C1[C@@H]([C@]2(C)C=CC(=O)C(C)(C)[C@H]2CC(=O)OC)CC[C@@]2(C)[C@H](c3ccoc3)OC(=O)[C@H]3O[C@]132. The molecule has 5 rings (SSSR count). The minimum absolute atomic E-state index is 0.00915. The number of hydrogen-bond acceptors (Lipinski definition) is 7. The Labute approximate surface area is 199 Å². The summed E-state index contributed by atoms with van der Waals surface area (Å²) in [6.45, 7) is 12.5. The van der Waals surface area contributed by atoms with E-state index in [1.54, 1.807) is 18.6 Å². The van der Waals surface area contributed by atoms with E-state index < -0.39 is 40.0 Å². The van der Waals surface area contributed by atoms with Crippen LogP contribution in [0.15, 0.2) is 47.3 Å². The Morgan fingerprint density at radius 1 is 1.21 bits per heavy atom. The molecule has 1 aromatic heterocycles. The quantitative estimate of drug-likeness (QED) is 0.368. The lowest BCUT2D eigenvalue weighted by atomic mass is 9.47. The van der Waals surface area contributed by atoms with Gasteiger partial charge < -0.3 is 18.6 Å². The molecular formula is C27H32O7. The number of ether oxygens (including phenoxy) is 3. The zero-order valence-corrected chi connectivity index (χ0v) is 20.4. The number of cyclic esters (lactones) is 1. The number of hydrogen-bond donors (Lipinski definition) is 0. The molecule has 7 atom stereocenters. The summed E-state index contributed by atoms with van der Waals surface area (Å²) in [7, 11) is 1.36. The molecule has 34 heavy (non-hydrogen) atoms. The van der Waals surface area contributed by atoms with Crippen molar-refractivity contribution in [2.45, 2.75) is 64.8 Å². The molecule has 0 aromatic carbocycles. The van der Waals surface area contributed by atoms with E-state index in [9.17, 15) is 14.4 Å². The number of furan rings is 1. The zero-order valence-electron chi connectivity index (χ0n) is 20.4. The number of methoxy groups -OCH3 is 1. The molecule has 0 unspecified atom stereocenters. The van der Waals surface area contributed by atoms with Gasteiger partial charge in [0.25, 0.3) is 0 Å². The van der Waals surface area contributed by atoms with Crippen molar-refractivity contribution in [1.29, 1.82) is 0 Å². The fourth-order valence-electron chi connectivity index (χ4n) is 7.27. The van der Waals surface area contributed by atoms with E-state index in [0.29, 0.717) is 0 Å². The van der Waals surface area contributed by atoms with Gasteiger partial charge in [0, 0.05) is 16.4 Å². The molecule has 182 valence electrons. The molecule has 1 saturated carbocycles. The lowest BCUT2D eigenvalue weighted by Gasteiger charge is -2.56. The molecule has 0 N–H and O–H groups in total. The number of allylic oxidation sites excluding steroid dienone is 2. The van der Waals surface area contributed by atoms with Crippen molar-refractivity contribution in [2.24, 2.45) is 28.1 Å². The minimum Gasteiger partial charge on any atom is -0.472 e. The van der Waals surface area contributed by atoms with Gasteiger partial charge >= 0.3 is 11.9 Å². The number of esters is 2. The maximum absolute atomic E-state index is 12.9. The molecule has 1 aromatic rings. The van der Waals surface area contributed by atoms with Gasteiger partial charge in [-0.05, 0) is 47.8 Å². The van der Waals surface area contributed by atoms with Crippen molar-refractivity contribution in [3.8, 4) is 0 Å². The van der Waals surface area contributed by atoms with Crippen LogP contribution < -0.4 is 0 Å². The van der Waals surface area contributed by atoms with Crippen LogP contribution in [0, 0.1) is 28.1 Å². The fourth-order valence-corrected chi connectivity index (χ4v) is 7.27. The molecular weight excluding hydrogens is 436 g/mol. The Balaban J connectivity index is 1.57. The van der Waals surface area contributed by atoms with Crippen molar-refractivity contribution >= 4 is 17.7 Å². The first-order chi connectivity index (χ1) is 15.9. The van der Waals surface area contributed by atoms with E-state index in [1.165, 1.54) is 7.11 Å². The van der Waals surface area contributed by atoms with Gasteiger partial charge in [0.2, 0.25) is 0 Å². The van der Waals surface area contributed by atoms with Crippen molar-refractivity contribution in [2.75, 3.05) is 7.11 Å². The van der Waals surface area contributed by atoms with E-state index >= 15 is 0 Å². The van der Waals surface area contributed by atoms with Gasteiger partial charge in [-0.1, -0.05) is 40.3 Å². The van der Waals surface area contributed by atoms with Gasteiger partial charge in [-0.25, -0.2) is 4.79 Å². The molecule has 2 aliphatic carbocycles. The van der Waals surface area contributed by atoms with Crippen LogP contribution in [0.1, 0.15) is 58.6 Å². The molecule has 0 amide bonds. The molecule has 3 fully saturated rings. The standard InChI is InChI=1S/C27H32O7/c1-15-17(25(4)10-8-19(28)24(2,3)18(25)13-20(29)31-6)7-11-26(5)21(16-9-12-32-14-16)33-23(30)22-27(15,26)34-22/h8-10,12,14,17-18,21-22H,1,7,11,13H2,2-6H3/t17-,18+,21-,22+,25-,26-,27+/m0/s1. The predicted octanol–water partition coefficient (Wildman–Crippen LogP) is 4.34. The highest BCUT2D eigenvalue weighted by atomic mass is 16.7. The summed E-state index contributed by atoms with van der Waals surface area (Å²) in [6.07, 6.45) is 7.16. The Morgan fingerprint density at radius 3 is 2.59 bits per heavy atom. The first-order valence-electron chi connectivity index (χ1n) is 11.8. The monoisotopic (exact) mass is 468 g/mol. The van der Waals surface area contributed by atoms with E-state index in [1.807, 2.05) is 26.0 Å². The Hall–Kier alpha value is -2.67. The summed E-state index contributed by atoms with van der Waals surface area (Å²) in [5, 5.41) is 0. The van der Waals surface area contributed by atoms with Crippen LogP contribution >= 0.6 is 0 Å². The van der Waals surface area contributed by atoms with E-state index in [0.717, 1.165) is 24.0 Å². The molecule has 2 aliphatic heterocycles. The van der Waals surface area contributed by atoms with Gasteiger partial charge in [-0.15, -0.1) is 0 Å². The fraction of sp³-hybridized carbons (Fsp3) is 0.593. The second kappa shape index (κ2) is 7.17. The average Bonchev–Trinajstić information content (AvgIpc) is 3.35. The molecule has 1 spiro atoms. The van der Waals surface area contributed by atoms with Crippen LogP contribution in [-0.4, -0.2) is 36.5 Å². The highest BCUT2D eigenvalue weighted by molar-refractivity contribution is 5.96. The number of epoxide rings is 1. The van der Waals surface area contributed by atoms with Gasteiger partial charge in [-0.2, -0.15) is 0 Å². The molecule has 2 saturated heterocycles. The second-order valence-electron chi connectivity index (χ2n) is 11.3. The van der Waals surface area contributed by atoms with E-state index in [4.69, 9.17) is 18.6 Å². The first-order valence-corrected chi connectivity index (χ1v) is 11.8. The third kappa shape index (κ3) is 2.76. The smallest absolute Gasteiger partial charge is 0.339 e. The normalized spacial score (nSPS) is 42.4. The van der Waals surface area contributed by atoms with E-state index in [2.05, 4.69) is 20.4 Å². The number of carbonyl (C=O) groups excluding carboxylic acids is 3. The zero-order chi connectivity index (χ0) is 24.7. The molecule has 0 bridgehead atoms. The Bertz CT molecular complexity index is 1100.